The predicted octanol–water partition coefficient (Wildman–Crippen LogP) is 2.76. The van der Waals surface area contributed by atoms with Gasteiger partial charge in [0, 0.05) is 6.54 Å². The lowest BCUT2D eigenvalue weighted by atomic mass is 10.2. The molecule has 4 heteroatoms. The molecule has 0 saturated heterocycles. The first-order valence-corrected chi connectivity index (χ1v) is 6.51. The van der Waals surface area contributed by atoms with Crippen molar-refractivity contribution in [3.05, 3.63) is 20.8 Å². The molecule has 1 aromatic heterocycles. The van der Waals surface area contributed by atoms with E-state index in [9.17, 15) is 5.11 Å². The number of hydrogen-bond donors (Lipinski definition) is 2. The van der Waals surface area contributed by atoms with Gasteiger partial charge in [-0.1, -0.05) is 6.92 Å². The van der Waals surface area contributed by atoms with Gasteiger partial charge in [0.2, 0.25) is 0 Å². The van der Waals surface area contributed by atoms with Crippen molar-refractivity contribution in [2.24, 2.45) is 0 Å². The second-order valence-electron chi connectivity index (χ2n) is 3.29. The molecule has 0 bridgehead atoms. The Hall–Kier alpha value is 0.100. The molecule has 2 N–H and O–H groups in total. The number of hydrogen-bond acceptors (Lipinski definition) is 3. The van der Waals surface area contributed by atoms with E-state index in [1.807, 2.05) is 6.92 Å². The first kappa shape index (κ1) is 12.2. The SMILES string of the molecule is CCC(O)CCNCc1csc(Br)c1. The molecule has 2 nitrogen and oxygen atoms in total. The minimum atomic E-state index is -0.156. The van der Waals surface area contributed by atoms with Crippen LogP contribution in [-0.2, 0) is 6.54 Å². The quantitative estimate of drug-likeness (QED) is 0.784. The first-order valence-electron chi connectivity index (χ1n) is 4.84. The topological polar surface area (TPSA) is 32.3 Å². The molecular weight excluding hydrogens is 262 g/mol. The van der Waals surface area contributed by atoms with Crippen molar-refractivity contribution in [3.8, 4) is 0 Å². The van der Waals surface area contributed by atoms with Crippen LogP contribution < -0.4 is 5.32 Å². The molecule has 1 rings (SSSR count). The third-order valence-corrected chi connectivity index (χ3v) is 3.63. The van der Waals surface area contributed by atoms with Gasteiger partial charge in [0.15, 0.2) is 0 Å². The van der Waals surface area contributed by atoms with Crippen LogP contribution in [0.1, 0.15) is 25.3 Å². The molecule has 0 aliphatic carbocycles. The Bertz CT molecular complexity index is 264. The summed E-state index contributed by atoms with van der Waals surface area (Å²) in [6.07, 6.45) is 1.52. The van der Waals surface area contributed by atoms with E-state index >= 15 is 0 Å². The van der Waals surface area contributed by atoms with E-state index in [1.54, 1.807) is 11.3 Å². The third kappa shape index (κ3) is 4.55. The summed E-state index contributed by atoms with van der Waals surface area (Å²) in [6, 6.07) is 2.12. The fraction of sp³-hybridized carbons (Fsp3) is 0.600. The Labute approximate surface area is 97.5 Å². The highest BCUT2D eigenvalue weighted by Gasteiger charge is 2.00. The molecule has 0 aromatic carbocycles. The van der Waals surface area contributed by atoms with Crippen LogP contribution in [0.3, 0.4) is 0 Å². The van der Waals surface area contributed by atoms with Crippen molar-refractivity contribution in [2.75, 3.05) is 6.54 Å². The third-order valence-electron chi connectivity index (χ3n) is 2.08. The maximum Gasteiger partial charge on any atom is 0.0701 e. The molecule has 0 aliphatic rings. The summed E-state index contributed by atoms with van der Waals surface area (Å²) in [6.45, 7) is 3.77. The van der Waals surface area contributed by atoms with Gasteiger partial charge in [0.05, 0.1) is 9.89 Å². The van der Waals surface area contributed by atoms with Crippen LogP contribution in [0.15, 0.2) is 15.2 Å². The largest absolute Gasteiger partial charge is 0.393 e. The van der Waals surface area contributed by atoms with Gasteiger partial charge in [0.25, 0.3) is 0 Å². The summed E-state index contributed by atoms with van der Waals surface area (Å²) >= 11 is 5.13. The van der Waals surface area contributed by atoms with E-state index in [0.717, 1.165) is 25.9 Å². The molecule has 0 aliphatic heterocycles. The summed E-state index contributed by atoms with van der Waals surface area (Å²) in [7, 11) is 0. The summed E-state index contributed by atoms with van der Waals surface area (Å²) in [4.78, 5) is 0. The lowest BCUT2D eigenvalue weighted by Crippen LogP contribution is -2.19. The number of aliphatic hydroxyl groups excluding tert-OH is 1. The Balaban J connectivity index is 2.10. The van der Waals surface area contributed by atoms with Crippen LogP contribution in [0, 0.1) is 0 Å². The van der Waals surface area contributed by atoms with Gasteiger partial charge >= 0.3 is 0 Å². The standard InChI is InChI=1S/C10H16BrNOS/c1-2-9(13)3-4-12-6-8-5-10(11)14-7-8/h5,7,9,12-13H,2-4,6H2,1H3. The molecule has 14 heavy (non-hydrogen) atoms. The minimum Gasteiger partial charge on any atom is -0.393 e. The molecule has 0 radical (unpaired) electrons. The Morgan fingerprint density at radius 3 is 3.00 bits per heavy atom. The molecule has 80 valence electrons. The highest BCUT2D eigenvalue weighted by molar-refractivity contribution is 9.11. The van der Waals surface area contributed by atoms with Crippen LogP contribution >= 0.6 is 27.3 Å². The van der Waals surface area contributed by atoms with Crippen LogP contribution in [0.25, 0.3) is 0 Å². The van der Waals surface area contributed by atoms with Gasteiger partial charge in [-0.2, -0.15) is 0 Å². The second kappa shape index (κ2) is 6.56. The smallest absolute Gasteiger partial charge is 0.0701 e. The molecule has 0 spiro atoms. The molecule has 0 fully saturated rings. The Morgan fingerprint density at radius 1 is 1.64 bits per heavy atom. The minimum absolute atomic E-state index is 0.156. The Morgan fingerprint density at radius 2 is 2.43 bits per heavy atom. The lowest BCUT2D eigenvalue weighted by molar-refractivity contribution is 0.159. The number of thiophene rings is 1. The second-order valence-corrected chi connectivity index (χ2v) is 5.58. The van der Waals surface area contributed by atoms with Crippen molar-refractivity contribution >= 4 is 27.3 Å². The fourth-order valence-corrected chi connectivity index (χ4v) is 2.35. The van der Waals surface area contributed by atoms with E-state index in [4.69, 9.17) is 0 Å². The van der Waals surface area contributed by atoms with E-state index in [0.29, 0.717) is 0 Å². The van der Waals surface area contributed by atoms with Crippen LogP contribution in [-0.4, -0.2) is 17.8 Å². The summed E-state index contributed by atoms with van der Waals surface area (Å²) < 4.78 is 1.17. The van der Waals surface area contributed by atoms with E-state index in [1.165, 1.54) is 9.35 Å². The zero-order valence-corrected chi connectivity index (χ0v) is 10.7. The number of rotatable bonds is 6. The van der Waals surface area contributed by atoms with E-state index in [-0.39, 0.29) is 6.10 Å². The average molecular weight is 278 g/mol. The first-order chi connectivity index (χ1) is 6.72. The molecule has 1 unspecified atom stereocenters. The van der Waals surface area contributed by atoms with Crippen molar-refractivity contribution in [1.29, 1.82) is 0 Å². The highest BCUT2D eigenvalue weighted by Crippen LogP contribution is 2.20. The number of halogens is 1. The number of nitrogens with one attached hydrogen (secondary N) is 1. The van der Waals surface area contributed by atoms with Crippen LogP contribution in [0.4, 0.5) is 0 Å². The van der Waals surface area contributed by atoms with E-state index < -0.39 is 0 Å². The van der Waals surface area contributed by atoms with E-state index in [2.05, 4.69) is 32.7 Å². The molecule has 1 atom stereocenters. The zero-order valence-electron chi connectivity index (χ0n) is 8.29. The maximum absolute atomic E-state index is 9.31. The summed E-state index contributed by atoms with van der Waals surface area (Å²) in [5, 5.41) is 14.8. The summed E-state index contributed by atoms with van der Waals surface area (Å²) in [5.74, 6) is 0. The van der Waals surface area contributed by atoms with Gasteiger partial charge in [0.1, 0.15) is 0 Å². The fourth-order valence-electron chi connectivity index (χ4n) is 1.14. The molecule has 0 saturated carbocycles. The Kier molecular flexibility index (Phi) is 5.70. The van der Waals surface area contributed by atoms with Gasteiger partial charge in [-0.3, -0.25) is 0 Å². The van der Waals surface area contributed by atoms with Crippen molar-refractivity contribution in [1.82, 2.24) is 5.32 Å². The average Bonchev–Trinajstić information content (AvgIpc) is 2.58. The molecule has 1 heterocycles. The predicted molar refractivity (Wildman–Crippen MR) is 64.6 cm³/mol. The monoisotopic (exact) mass is 277 g/mol. The lowest BCUT2D eigenvalue weighted by Gasteiger charge is -2.07. The summed E-state index contributed by atoms with van der Waals surface area (Å²) in [5.41, 5.74) is 1.30. The van der Waals surface area contributed by atoms with Crippen LogP contribution in [0.2, 0.25) is 0 Å². The van der Waals surface area contributed by atoms with Gasteiger partial charge in [-0.15, -0.1) is 11.3 Å². The maximum atomic E-state index is 9.31. The normalized spacial score (nSPS) is 13.1. The van der Waals surface area contributed by atoms with Gasteiger partial charge in [-0.25, -0.2) is 0 Å². The highest BCUT2D eigenvalue weighted by atomic mass is 79.9. The molecule has 1 aromatic rings. The van der Waals surface area contributed by atoms with Crippen molar-refractivity contribution in [2.45, 2.75) is 32.4 Å². The molecule has 0 amide bonds. The van der Waals surface area contributed by atoms with Crippen LogP contribution in [0.5, 0.6) is 0 Å². The van der Waals surface area contributed by atoms with Crippen molar-refractivity contribution < 1.29 is 5.11 Å². The van der Waals surface area contributed by atoms with Gasteiger partial charge in [-0.05, 0) is 52.3 Å². The van der Waals surface area contributed by atoms with Gasteiger partial charge < -0.3 is 10.4 Å². The number of aliphatic hydroxyl groups is 1. The molecular formula is C10H16BrNOS. The zero-order chi connectivity index (χ0) is 10.4. The van der Waals surface area contributed by atoms with Crippen molar-refractivity contribution in [3.63, 3.8) is 0 Å².